The molecule has 0 aliphatic heterocycles. The summed E-state index contributed by atoms with van der Waals surface area (Å²) in [5.41, 5.74) is 2.73. The number of hydrogen-bond acceptors (Lipinski definition) is 2. The third kappa shape index (κ3) is 5.59. The fourth-order valence-corrected chi connectivity index (χ4v) is 3.36. The van der Waals surface area contributed by atoms with E-state index in [1.165, 1.54) is 0 Å². The first-order valence-electron chi connectivity index (χ1n) is 9.76. The molecule has 0 aliphatic rings. The lowest BCUT2D eigenvalue weighted by Crippen LogP contribution is -2.87. The van der Waals surface area contributed by atoms with Crippen molar-refractivity contribution in [2.24, 2.45) is 0 Å². The van der Waals surface area contributed by atoms with E-state index in [2.05, 4.69) is 17.6 Å². The number of hydrogen-bond donors (Lipinski definition) is 2. The van der Waals surface area contributed by atoms with Crippen LogP contribution in [0.1, 0.15) is 37.1 Å². The smallest absolute Gasteiger partial charge is 0.287 e. The van der Waals surface area contributed by atoms with Crippen molar-refractivity contribution >= 4 is 23.2 Å². The van der Waals surface area contributed by atoms with Crippen LogP contribution in [-0.4, -0.2) is 12.5 Å². The van der Waals surface area contributed by atoms with Gasteiger partial charge in [-0.25, -0.2) is 0 Å². The normalized spacial score (nSPS) is 12.8. The predicted octanol–water partition coefficient (Wildman–Crippen LogP) is 4.74. The van der Waals surface area contributed by atoms with Crippen LogP contribution in [-0.2, 0) is 4.79 Å². The highest BCUT2D eigenvalue weighted by atomic mass is 35.5. The van der Waals surface area contributed by atoms with Gasteiger partial charge in [0.2, 0.25) is 0 Å². The molecule has 0 unspecified atom stereocenters. The molecular formula is C24H26ClN2O2+. The summed E-state index contributed by atoms with van der Waals surface area (Å²) in [5, 5.41) is 5.81. The van der Waals surface area contributed by atoms with Gasteiger partial charge in [-0.2, -0.15) is 0 Å². The molecule has 0 spiro atoms. The summed E-state index contributed by atoms with van der Waals surface area (Å²) in [4.78, 5) is 13.3. The highest BCUT2D eigenvalue weighted by molar-refractivity contribution is 6.30. The molecule has 29 heavy (non-hydrogen) atoms. The van der Waals surface area contributed by atoms with E-state index in [0.717, 1.165) is 11.1 Å². The Morgan fingerprint density at radius 3 is 2.31 bits per heavy atom. The van der Waals surface area contributed by atoms with E-state index in [9.17, 15) is 4.79 Å². The second kappa shape index (κ2) is 10.1. The van der Waals surface area contributed by atoms with Crippen molar-refractivity contribution in [3.8, 4) is 5.75 Å². The minimum atomic E-state index is -0.406. The zero-order valence-electron chi connectivity index (χ0n) is 16.6. The second-order valence-corrected chi connectivity index (χ2v) is 7.28. The van der Waals surface area contributed by atoms with Crippen LogP contribution in [0.3, 0.4) is 0 Å². The molecule has 3 rings (SSSR count). The van der Waals surface area contributed by atoms with Crippen LogP contribution >= 0.6 is 11.6 Å². The fourth-order valence-electron chi connectivity index (χ4n) is 3.24. The standard InChI is InChI=1S/C24H25ClN2O2/c1-3-29-22-12-8-7-11-21(22)27-24(28)23(19-9-5-4-6-10-19)26-17(2)18-13-15-20(25)16-14-18/h4-17,23,26H,3H2,1-2H3,(H,27,28)/p+1/t17-,23-/m1/s1. The molecule has 0 fully saturated rings. The van der Waals surface area contributed by atoms with Gasteiger partial charge in [-0.05, 0) is 38.1 Å². The Hall–Kier alpha value is -2.82. The van der Waals surface area contributed by atoms with Crippen LogP contribution in [0.25, 0.3) is 0 Å². The first-order chi connectivity index (χ1) is 14.1. The van der Waals surface area contributed by atoms with Crippen LogP contribution in [0.5, 0.6) is 5.75 Å². The number of para-hydroxylation sites is 2. The van der Waals surface area contributed by atoms with E-state index in [-0.39, 0.29) is 11.9 Å². The predicted molar refractivity (Wildman–Crippen MR) is 117 cm³/mol. The van der Waals surface area contributed by atoms with Gasteiger partial charge in [0.25, 0.3) is 5.91 Å². The van der Waals surface area contributed by atoms with Gasteiger partial charge < -0.3 is 15.4 Å². The highest BCUT2D eigenvalue weighted by Crippen LogP contribution is 2.25. The number of ether oxygens (including phenoxy) is 1. The van der Waals surface area contributed by atoms with Gasteiger partial charge in [-0.3, -0.25) is 4.79 Å². The Labute approximate surface area is 176 Å². The molecule has 3 aromatic carbocycles. The van der Waals surface area contributed by atoms with Crippen molar-refractivity contribution in [2.75, 3.05) is 11.9 Å². The quantitative estimate of drug-likeness (QED) is 0.564. The molecule has 0 saturated heterocycles. The number of amides is 1. The number of nitrogens with one attached hydrogen (secondary N) is 1. The number of rotatable bonds is 8. The molecule has 0 radical (unpaired) electrons. The van der Waals surface area contributed by atoms with Gasteiger partial charge in [0.1, 0.15) is 11.8 Å². The van der Waals surface area contributed by atoms with Crippen LogP contribution in [0.15, 0.2) is 78.9 Å². The van der Waals surface area contributed by atoms with E-state index >= 15 is 0 Å². The molecule has 3 N–H and O–H groups in total. The van der Waals surface area contributed by atoms with Gasteiger partial charge >= 0.3 is 0 Å². The number of halogens is 1. The van der Waals surface area contributed by atoms with E-state index < -0.39 is 6.04 Å². The first-order valence-corrected chi connectivity index (χ1v) is 10.1. The third-order valence-electron chi connectivity index (χ3n) is 4.76. The average Bonchev–Trinajstić information content (AvgIpc) is 2.74. The Kier molecular flexibility index (Phi) is 7.28. The lowest BCUT2D eigenvalue weighted by molar-refractivity contribution is -0.718. The number of quaternary nitrogens is 1. The number of carbonyl (C=O) groups is 1. The lowest BCUT2D eigenvalue weighted by Gasteiger charge is -2.21. The SMILES string of the molecule is CCOc1ccccc1NC(=O)[C@H]([NH2+][C@H](C)c1ccc(Cl)cc1)c1ccccc1. The fraction of sp³-hybridized carbons (Fsp3) is 0.208. The molecule has 2 atom stereocenters. The lowest BCUT2D eigenvalue weighted by atomic mass is 10.0. The molecule has 0 bridgehead atoms. The minimum absolute atomic E-state index is 0.0744. The molecule has 150 valence electrons. The van der Waals surface area contributed by atoms with Crippen molar-refractivity contribution in [1.82, 2.24) is 0 Å². The Balaban J connectivity index is 1.84. The van der Waals surface area contributed by atoms with Crippen molar-refractivity contribution in [2.45, 2.75) is 25.9 Å². The van der Waals surface area contributed by atoms with Crippen molar-refractivity contribution in [3.05, 3.63) is 95.0 Å². The minimum Gasteiger partial charge on any atom is -0.492 e. The summed E-state index contributed by atoms with van der Waals surface area (Å²) in [6.07, 6.45) is 0. The zero-order valence-corrected chi connectivity index (χ0v) is 17.4. The van der Waals surface area contributed by atoms with Crippen LogP contribution < -0.4 is 15.4 Å². The van der Waals surface area contributed by atoms with Crippen molar-refractivity contribution < 1.29 is 14.8 Å². The Morgan fingerprint density at radius 1 is 0.966 bits per heavy atom. The average molecular weight is 410 g/mol. The molecule has 0 aliphatic carbocycles. The molecule has 3 aromatic rings. The second-order valence-electron chi connectivity index (χ2n) is 6.84. The number of benzene rings is 3. The van der Waals surface area contributed by atoms with Gasteiger partial charge in [0, 0.05) is 16.1 Å². The monoisotopic (exact) mass is 409 g/mol. The number of nitrogens with two attached hydrogens (primary N) is 1. The van der Waals surface area contributed by atoms with Crippen molar-refractivity contribution in [3.63, 3.8) is 0 Å². The van der Waals surface area contributed by atoms with Crippen LogP contribution in [0.4, 0.5) is 5.69 Å². The van der Waals surface area contributed by atoms with E-state index in [0.29, 0.717) is 23.1 Å². The molecule has 0 saturated carbocycles. The van der Waals surface area contributed by atoms with Crippen LogP contribution in [0.2, 0.25) is 5.02 Å². The molecule has 1 amide bonds. The largest absolute Gasteiger partial charge is 0.492 e. The number of carbonyl (C=O) groups excluding carboxylic acids is 1. The van der Waals surface area contributed by atoms with Gasteiger partial charge in [-0.15, -0.1) is 0 Å². The van der Waals surface area contributed by atoms with E-state index in [1.807, 2.05) is 85.8 Å². The maximum atomic E-state index is 13.3. The molecule has 0 heterocycles. The maximum Gasteiger partial charge on any atom is 0.287 e. The zero-order chi connectivity index (χ0) is 20.6. The molecule has 4 nitrogen and oxygen atoms in total. The summed E-state index contributed by atoms with van der Waals surface area (Å²) in [6, 6.07) is 24.7. The molecule has 0 aromatic heterocycles. The topological polar surface area (TPSA) is 54.9 Å². The summed E-state index contributed by atoms with van der Waals surface area (Å²) >= 11 is 6.01. The Morgan fingerprint density at radius 2 is 1.62 bits per heavy atom. The summed E-state index contributed by atoms with van der Waals surface area (Å²) in [5.74, 6) is 0.574. The molecule has 5 heteroatoms. The maximum absolute atomic E-state index is 13.3. The van der Waals surface area contributed by atoms with Crippen molar-refractivity contribution in [1.29, 1.82) is 0 Å². The van der Waals surface area contributed by atoms with Gasteiger partial charge in [0.05, 0.1) is 12.3 Å². The van der Waals surface area contributed by atoms with E-state index in [1.54, 1.807) is 0 Å². The van der Waals surface area contributed by atoms with Gasteiger partial charge in [-0.1, -0.05) is 66.2 Å². The third-order valence-corrected chi connectivity index (χ3v) is 5.01. The van der Waals surface area contributed by atoms with E-state index in [4.69, 9.17) is 16.3 Å². The number of anilines is 1. The summed E-state index contributed by atoms with van der Waals surface area (Å²) in [6.45, 7) is 4.54. The summed E-state index contributed by atoms with van der Waals surface area (Å²) < 4.78 is 5.65. The summed E-state index contributed by atoms with van der Waals surface area (Å²) in [7, 11) is 0. The highest BCUT2D eigenvalue weighted by Gasteiger charge is 2.27. The van der Waals surface area contributed by atoms with Crippen LogP contribution in [0, 0.1) is 0 Å². The first kappa shape index (κ1) is 20.9. The van der Waals surface area contributed by atoms with Gasteiger partial charge in [0.15, 0.2) is 6.04 Å². The molecular weight excluding hydrogens is 384 g/mol. The Bertz CT molecular complexity index is 929.